The Kier molecular flexibility index (Phi) is 8.80. The largest absolute Gasteiger partial charge is 0.573 e. The summed E-state index contributed by atoms with van der Waals surface area (Å²) in [5, 5.41) is 10.7. The first-order valence-electron chi connectivity index (χ1n) is 12.3. The number of hydrogen-bond donors (Lipinski definition) is 1. The van der Waals surface area contributed by atoms with E-state index in [-0.39, 0.29) is 23.1 Å². The number of nitrogens with zero attached hydrogens (tertiary/aromatic N) is 2. The third-order valence-electron chi connectivity index (χ3n) is 7.04. The molecular weight excluding hydrogens is 547 g/mol. The number of piperidine rings is 1. The van der Waals surface area contributed by atoms with Crippen LogP contribution in [0, 0.1) is 17.0 Å². The van der Waals surface area contributed by atoms with E-state index in [1.807, 2.05) is 4.90 Å². The van der Waals surface area contributed by atoms with Crippen molar-refractivity contribution in [1.29, 1.82) is 0 Å². The minimum Gasteiger partial charge on any atom is -0.489 e. The first-order valence-corrected chi connectivity index (χ1v) is 12.7. The van der Waals surface area contributed by atoms with Crippen molar-refractivity contribution in [3.8, 4) is 11.5 Å². The fourth-order valence-electron chi connectivity index (χ4n) is 4.90. The topological polar surface area (TPSA) is 71.9 Å². The van der Waals surface area contributed by atoms with E-state index in [4.69, 9.17) is 16.3 Å². The van der Waals surface area contributed by atoms with Crippen LogP contribution in [0.15, 0.2) is 42.6 Å². The van der Waals surface area contributed by atoms with Crippen LogP contribution in [0.4, 0.5) is 22.0 Å². The molecule has 0 unspecified atom stereocenters. The lowest BCUT2D eigenvalue weighted by molar-refractivity contribution is -0.274. The van der Waals surface area contributed by atoms with Gasteiger partial charge in [-0.25, -0.2) is 8.78 Å². The van der Waals surface area contributed by atoms with Crippen LogP contribution >= 0.6 is 11.6 Å². The lowest BCUT2D eigenvalue weighted by Gasteiger charge is -2.39. The van der Waals surface area contributed by atoms with Crippen LogP contribution in [-0.4, -0.2) is 53.6 Å². The van der Waals surface area contributed by atoms with E-state index in [1.165, 1.54) is 24.4 Å². The van der Waals surface area contributed by atoms with Crippen molar-refractivity contribution in [1.82, 2.24) is 9.88 Å². The highest BCUT2D eigenvalue weighted by atomic mass is 35.5. The molecule has 1 aliphatic rings. The Labute approximate surface area is 226 Å². The van der Waals surface area contributed by atoms with Crippen molar-refractivity contribution in [2.75, 3.05) is 26.2 Å². The summed E-state index contributed by atoms with van der Waals surface area (Å²) in [6, 6.07) is 6.79. The van der Waals surface area contributed by atoms with Crippen molar-refractivity contribution < 1.29 is 41.3 Å². The van der Waals surface area contributed by atoms with Crippen LogP contribution in [0.5, 0.6) is 11.5 Å². The molecule has 1 N–H and O–H groups in total. The Balaban J connectivity index is 1.35. The highest BCUT2D eigenvalue weighted by molar-refractivity contribution is 6.32. The quantitative estimate of drug-likeness (QED) is 0.275. The van der Waals surface area contributed by atoms with Crippen LogP contribution < -0.4 is 9.47 Å². The van der Waals surface area contributed by atoms with Crippen molar-refractivity contribution >= 4 is 28.5 Å². The zero-order valence-electron chi connectivity index (χ0n) is 20.7. The number of aryl methyl sites for hydroxylation is 1. The van der Waals surface area contributed by atoms with Gasteiger partial charge in [0.25, 0.3) is 0 Å². The second-order valence-corrected chi connectivity index (χ2v) is 9.92. The van der Waals surface area contributed by atoms with Gasteiger partial charge < -0.3 is 14.6 Å². The molecule has 210 valence electrons. The van der Waals surface area contributed by atoms with Crippen LogP contribution in [0.1, 0.15) is 31.2 Å². The summed E-state index contributed by atoms with van der Waals surface area (Å²) in [5.74, 6) is -2.74. The van der Waals surface area contributed by atoms with Crippen molar-refractivity contribution in [3.05, 3.63) is 64.8 Å². The van der Waals surface area contributed by atoms with Crippen molar-refractivity contribution in [3.63, 3.8) is 0 Å². The molecule has 3 aromatic rings. The number of likely N-dealkylation sites (tertiary alicyclic amines) is 1. The van der Waals surface area contributed by atoms with Gasteiger partial charge in [-0.1, -0.05) is 11.6 Å². The molecule has 0 spiro atoms. The van der Waals surface area contributed by atoms with Gasteiger partial charge in [-0.15, -0.1) is 13.2 Å². The molecule has 0 aliphatic carbocycles. The smallest absolute Gasteiger partial charge is 0.489 e. The predicted octanol–water partition coefficient (Wildman–Crippen LogP) is 6.63. The molecule has 1 saturated heterocycles. The molecule has 0 atom stereocenters. The average molecular weight is 573 g/mol. The van der Waals surface area contributed by atoms with E-state index in [9.17, 15) is 31.9 Å². The summed E-state index contributed by atoms with van der Waals surface area (Å²) in [5.41, 5.74) is 0.0610. The van der Waals surface area contributed by atoms with Crippen LogP contribution in [0.3, 0.4) is 0 Å². The van der Waals surface area contributed by atoms with Gasteiger partial charge >= 0.3 is 12.3 Å². The number of fused-ring (bicyclic) bond motifs is 1. The lowest BCUT2D eigenvalue weighted by Crippen LogP contribution is -2.45. The highest BCUT2D eigenvalue weighted by Crippen LogP contribution is 2.38. The molecule has 2 aromatic carbocycles. The van der Waals surface area contributed by atoms with Gasteiger partial charge in [0.15, 0.2) is 11.6 Å². The maximum Gasteiger partial charge on any atom is 0.573 e. The van der Waals surface area contributed by atoms with E-state index < -0.39 is 29.4 Å². The molecule has 0 radical (unpaired) electrons. The second-order valence-electron chi connectivity index (χ2n) is 9.52. The highest BCUT2D eigenvalue weighted by Gasteiger charge is 2.41. The summed E-state index contributed by atoms with van der Waals surface area (Å²) >= 11 is 6.33. The van der Waals surface area contributed by atoms with Gasteiger partial charge in [-0.2, -0.15) is 0 Å². The molecule has 6 nitrogen and oxygen atoms in total. The Morgan fingerprint density at radius 1 is 1.13 bits per heavy atom. The lowest BCUT2D eigenvalue weighted by atomic mass is 9.74. The number of aliphatic carboxylic acids is 1. The Bertz CT molecular complexity index is 1330. The van der Waals surface area contributed by atoms with Crippen molar-refractivity contribution in [2.45, 2.75) is 38.5 Å². The Hall–Kier alpha value is -3.18. The van der Waals surface area contributed by atoms with Crippen LogP contribution in [0.25, 0.3) is 10.9 Å². The maximum absolute atomic E-state index is 13.7. The first kappa shape index (κ1) is 28.8. The number of ether oxygens (including phenoxy) is 2. The van der Waals surface area contributed by atoms with E-state index in [0.29, 0.717) is 68.2 Å². The number of alkyl halides is 3. The standard InChI is InChI=1S/C27H26ClF5N2O4/c28-21-16-34-23-6-4-18(39-27(31,32)33)15-20(23)19(21)2-1-7-26(25(36)37)8-10-35(11-9-26)12-13-38-24-14-17(29)3-5-22(24)30/h3-6,14-16H,1-2,7-13H2,(H,36,37). The number of aromatic nitrogens is 1. The van der Waals surface area contributed by atoms with Crippen molar-refractivity contribution in [2.24, 2.45) is 5.41 Å². The molecule has 39 heavy (non-hydrogen) atoms. The number of pyridine rings is 1. The van der Waals surface area contributed by atoms with Gasteiger partial charge in [-0.05, 0) is 81.1 Å². The third kappa shape index (κ3) is 7.27. The normalized spacial score (nSPS) is 15.8. The van der Waals surface area contributed by atoms with Crippen LogP contribution in [0.2, 0.25) is 5.02 Å². The number of carboxylic acids is 1. The number of carbonyl (C=O) groups is 1. The van der Waals surface area contributed by atoms with Gasteiger partial charge in [0, 0.05) is 24.2 Å². The monoisotopic (exact) mass is 572 g/mol. The zero-order valence-corrected chi connectivity index (χ0v) is 21.5. The van der Waals surface area contributed by atoms with Gasteiger partial charge in [0.1, 0.15) is 18.2 Å². The molecule has 1 aromatic heterocycles. The minimum atomic E-state index is -4.84. The number of benzene rings is 2. The number of rotatable bonds is 10. The van der Waals surface area contributed by atoms with E-state index in [2.05, 4.69) is 9.72 Å². The molecule has 1 fully saturated rings. The molecule has 0 bridgehead atoms. The predicted molar refractivity (Wildman–Crippen MR) is 134 cm³/mol. The SMILES string of the molecule is O=C(O)C1(CCCc2c(Cl)cnc3ccc(OC(F)(F)F)cc23)CCN(CCOc2cc(F)ccc2F)CC1. The minimum absolute atomic E-state index is 0.119. The third-order valence-corrected chi connectivity index (χ3v) is 7.36. The summed E-state index contributed by atoms with van der Waals surface area (Å²) in [4.78, 5) is 18.4. The summed E-state index contributed by atoms with van der Waals surface area (Å²) in [6.45, 7) is 1.51. The molecular formula is C27H26ClF5N2O4. The van der Waals surface area contributed by atoms with Gasteiger partial charge in [0.2, 0.25) is 0 Å². The van der Waals surface area contributed by atoms with E-state index in [0.717, 1.165) is 18.2 Å². The molecule has 1 aliphatic heterocycles. The molecule has 0 amide bonds. The molecule has 4 rings (SSSR count). The summed E-state index contributed by atoms with van der Waals surface area (Å²) in [6.07, 6.45) is -1.52. The molecule has 2 heterocycles. The first-order chi connectivity index (χ1) is 18.5. The Morgan fingerprint density at radius 2 is 1.87 bits per heavy atom. The average Bonchev–Trinajstić information content (AvgIpc) is 2.87. The number of hydrogen-bond acceptors (Lipinski definition) is 5. The molecule has 0 saturated carbocycles. The fourth-order valence-corrected chi connectivity index (χ4v) is 5.15. The number of carboxylic acid groups (broad SMARTS) is 1. The molecule has 12 heteroatoms. The summed E-state index contributed by atoms with van der Waals surface area (Å²) < 4.78 is 74.5. The van der Waals surface area contributed by atoms with E-state index >= 15 is 0 Å². The van der Waals surface area contributed by atoms with E-state index in [1.54, 1.807) is 0 Å². The Morgan fingerprint density at radius 3 is 2.56 bits per heavy atom. The maximum atomic E-state index is 13.7. The number of halogens is 6. The summed E-state index contributed by atoms with van der Waals surface area (Å²) in [7, 11) is 0. The fraction of sp³-hybridized carbons (Fsp3) is 0.407. The van der Waals surface area contributed by atoms with Gasteiger partial charge in [0.05, 0.1) is 16.0 Å². The zero-order chi connectivity index (χ0) is 28.2. The van der Waals surface area contributed by atoms with Gasteiger partial charge in [-0.3, -0.25) is 14.7 Å². The second kappa shape index (κ2) is 11.9. The van der Waals surface area contributed by atoms with Crippen LogP contribution in [-0.2, 0) is 11.2 Å².